The molecule has 50 heavy (non-hydrogen) atoms. The van der Waals surface area contributed by atoms with Crippen LogP contribution in [0.4, 0.5) is 0 Å². The molecule has 240 valence electrons. The number of halogens is 2. The van der Waals surface area contributed by atoms with Gasteiger partial charge in [0.2, 0.25) is 0 Å². The van der Waals surface area contributed by atoms with Crippen molar-refractivity contribution in [2.45, 2.75) is 0 Å². The first-order chi connectivity index (χ1) is 24.6. The van der Waals surface area contributed by atoms with Gasteiger partial charge in [0.05, 0.1) is 0 Å². The molecule has 0 saturated carbocycles. The molecule has 0 unspecified atom stereocenters. The first kappa shape index (κ1) is 32.8. The molecule has 0 fully saturated rings. The average Bonchev–Trinajstić information content (AvgIpc) is 3.19. The summed E-state index contributed by atoms with van der Waals surface area (Å²) in [6, 6.07) is 55.9. The Kier molecular flexibility index (Phi) is 10.3. The lowest BCUT2D eigenvalue weighted by atomic mass is 10.1. The van der Waals surface area contributed by atoms with Crippen LogP contribution in [-0.2, 0) is 0 Å². The van der Waals surface area contributed by atoms with Crippen molar-refractivity contribution in [2.75, 3.05) is 0 Å². The molecule has 0 amide bonds. The second kappa shape index (κ2) is 15.7. The van der Waals surface area contributed by atoms with E-state index in [-0.39, 0.29) is 0 Å². The number of hydrogen-bond donors (Lipinski definition) is 0. The van der Waals surface area contributed by atoms with Gasteiger partial charge in [-0.25, -0.2) is 29.9 Å². The minimum Gasteiger partial charge on any atom is -0.208 e. The summed E-state index contributed by atoms with van der Waals surface area (Å²) in [5.41, 5.74) is 5.78. The smallest absolute Gasteiger partial charge is 0.164 e. The number of benzene rings is 6. The molecule has 0 bridgehead atoms. The highest BCUT2D eigenvalue weighted by Gasteiger charge is 2.13. The van der Waals surface area contributed by atoms with Crippen LogP contribution in [0.3, 0.4) is 0 Å². The second-order valence-electron chi connectivity index (χ2n) is 11.1. The number of hydrogen-bond acceptors (Lipinski definition) is 6. The van der Waals surface area contributed by atoms with Gasteiger partial charge >= 0.3 is 0 Å². The van der Waals surface area contributed by atoms with E-state index in [1.165, 1.54) is 0 Å². The van der Waals surface area contributed by atoms with Gasteiger partial charge in [-0.3, -0.25) is 0 Å². The Morgan fingerprint density at radius 3 is 0.700 bits per heavy atom. The summed E-state index contributed by atoms with van der Waals surface area (Å²) in [5.74, 6) is 4.01. The molecule has 0 spiro atoms. The van der Waals surface area contributed by atoms with E-state index < -0.39 is 0 Å². The summed E-state index contributed by atoms with van der Waals surface area (Å²) in [4.78, 5) is 28.2. The van der Waals surface area contributed by atoms with E-state index in [1.54, 1.807) is 0 Å². The normalized spacial score (nSPS) is 10.6. The zero-order valence-corrected chi connectivity index (χ0v) is 29.8. The van der Waals surface area contributed by atoms with E-state index in [4.69, 9.17) is 19.9 Å². The van der Waals surface area contributed by atoms with Crippen LogP contribution in [0.15, 0.2) is 179 Å². The van der Waals surface area contributed by atoms with E-state index in [9.17, 15) is 0 Å². The predicted molar refractivity (Wildman–Crippen MR) is 208 cm³/mol. The summed E-state index contributed by atoms with van der Waals surface area (Å²) in [7, 11) is 0. The van der Waals surface area contributed by atoms with Gasteiger partial charge in [0.15, 0.2) is 34.9 Å². The topological polar surface area (TPSA) is 77.3 Å². The van der Waals surface area contributed by atoms with E-state index in [2.05, 4.69) is 41.8 Å². The minimum absolute atomic E-state index is 0.661. The van der Waals surface area contributed by atoms with Crippen molar-refractivity contribution in [3.63, 3.8) is 0 Å². The lowest BCUT2D eigenvalue weighted by Gasteiger charge is -2.08. The van der Waals surface area contributed by atoms with Gasteiger partial charge in [0, 0.05) is 42.3 Å². The van der Waals surface area contributed by atoms with Gasteiger partial charge in [-0.1, -0.05) is 177 Å². The molecule has 0 N–H and O–H groups in total. The molecule has 6 aromatic carbocycles. The molecule has 0 aliphatic rings. The molecule has 8 aromatic rings. The molecule has 0 radical (unpaired) electrons. The zero-order valence-electron chi connectivity index (χ0n) is 26.6. The first-order valence-electron chi connectivity index (χ1n) is 15.8. The van der Waals surface area contributed by atoms with Crippen LogP contribution in [0.5, 0.6) is 0 Å². The minimum atomic E-state index is 0.661. The molecule has 0 aliphatic carbocycles. The van der Waals surface area contributed by atoms with E-state index in [0.29, 0.717) is 34.9 Å². The summed E-state index contributed by atoms with van der Waals surface area (Å²) >= 11 is 7.03. The van der Waals surface area contributed by atoms with Crippen molar-refractivity contribution >= 4 is 31.9 Å². The summed E-state index contributed by atoms with van der Waals surface area (Å²) in [5, 5.41) is 0. The van der Waals surface area contributed by atoms with Gasteiger partial charge < -0.3 is 0 Å². The molecule has 0 aliphatic heterocycles. The van der Waals surface area contributed by atoms with Crippen molar-refractivity contribution < 1.29 is 0 Å². The molecule has 2 heterocycles. The van der Waals surface area contributed by atoms with Gasteiger partial charge in [-0.15, -0.1) is 0 Å². The Morgan fingerprint density at radius 2 is 0.460 bits per heavy atom. The fourth-order valence-electron chi connectivity index (χ4n) is 5.13. The summed E-state index contributed by atoms with van der Waals surface area (Å²) in [6.07, 6.45) is 0. The Balaban J connectivity index is 0.000000157. The molecular formula is C42H28Br2N6. The van der Waals surface area contributed by atoms with E-state index >= 15 is 0 Å². The van der Waals surface area contributed by atoms with Crippen LogP contribution in [0.1, 0.15) is 0 Å². The third-order valence-electron chi connectivity index (χ3n) is 7.56. The largest absolute Gasteiger partial charge is 0.208 e. The van der Waals surface area contributed by atoms with E-state index in [0.717, 1.165) is 42.3 Å². The molecule has 2 aromatic heterocycles. The SMILES string of the molecule is Brc1cccc(-c2nc(-c3ccccc3)nc(-c3ccccc3)n2)c1.Brc1cccc(-c2nc(-c3ccccc3)nc(-c3ccccc3)n2)c1. The average molecular weight is 777 g/mol. The van der Waals surface area contributed by atoms with Crippen molar-refractivity contribution in [3.8, 4) is 68.3 Å². The predicted octanol–water partition coefficient (Wildman–Crippen LogP) is 11.3. The van der Waals surface area contributed by atoms with Crippen molar-refractivity contribution in [2.24, 2.45) is 0 Å². The maximum atomic E-state index is 4.70. The highest BCUT2D eigenvalue weighted by Crippen LogP contribution is 2.27. The van der Waals surface area contributed by atoms with Crippen molar-refractivity contribution in [1.82, 2.24) is 29.9 Å². The molecule has 8 heteroatoms. The van der Waals surface area contributed by atoms with Gasteiger partial charge in [0.25, 0.3) is 0 Å². The van der Waals surface area contributed by atoms with Crippen molar-refractivity contribution in [1.29, 1.82) is 0 Å². The zero-order chi connectivity index (χ0) is 34.1. The Bertz CT molecular complexity index is 2060. The molecular weight excluding hydrogens is 748 g/mol. The molecule has 0 saturated heterocycles. The number of rotatable bonds is 6. The Morgan fingerprint density at radius 1 is 0.240 bits per heavy atom. The second-order valence-corrected chi connectivity index (χ2v) is 12.9. The third kappa shape index (κ3) is 8.11. The molecule has 0 atom stereocenters. The van der Waals surface area contributed by atoms with Gasteiger partial charge in [0.1, 0.15) is 0 Å². The maximum Gasteiger partial charge on any atom is 0.164 e. The fourth-order valence-corrected chi connectivity index (χ4v) is 5.93. The summed E-state index contributed by atoms with van der Waals surface area (Å²) < 4.78 is 1.99. The lowest BCUT2D eigenvalue weighted by molar-refractivity contribution is 1.07. The van der Waals surface area contributed by atoms with Crippen LogP contribution < -0.4 is 0 Å². The monoisotopic (exact) mass is 774 g/mol. The quantitative estimate of drug-likeness (QED) is 0.167. The van der Waals surface area contributed by atoms with Crippen LogP contribution in [-0.4, -0.2) is 29.9 Å². The Labute approximate surface area is 307 Å². The highest BCUT2D eigenvalue weighted by atomic mass is 79.9. The Hall–Kier alpha value is -5.70. The first-order valence-corrected chi connectivity index (χ1v) is 17.4. The standard InChI is InChI=1S/2C21H14BrN3/c2*22-18-13-7-12-17(14-18)21-24-19(15-8-3-1-4-9-15)23-20(25-21)16-10-5-2-6-11-16/h2*1-14H. The van der Waals surface area contributed by atoms with Gasteiger partial charge in [-0.05, 0) is 24.3 Å². The van der Waals surface area contributed by atoms with Crippen LogP contribution in [0, 0.1) is 0 Å². The van der Waals surface area contributed by atoms with Crippen LogP contribution in [0.25, 0.3) is 68.3 Å². The summed E-state index contributed by atoms with van der Waals surface area (Å²) in [6.45, 7) is 0. The van der Waals surface area contributed by atoms with Crippen molar-refractivity contribution in [3.05, 3.63) is 179 Å². The third-order valence-corrected chi connectivity index (χ3v) is 8.55. The maximum absolute atomic E-state index is 4.70. The number of aromatic nitrogens is 6. The van der Waals surface area contributed by atoms with Crippen LogP contribution >= 0.6 is 31.9 Å². The van der Waals surface area contributed by atoms with E-state index in [1.807, 2.05) is 170 Å². The molecule has 6 nitrogen and oxygen atoms in total. The van der Waals surface area contributed by atoms with Gasteiger partial charge in [-0.2, -0.15) is 0 Å². The van der Waals surface area contributed by atoms with Crippen LogP contribution in [0.2, 0.25) is 0 Å². The highest BCUT2D eigenvalue weighted by molar-refractivity contribution is 9.10. The lowest BCUT2D eigenvalue weighted by Crippen LogP contribution is -2.00. The number of nitrogens with zero attached hydrogens (tertiary/aromatic N) is 6. The molecule has 8 rings (SSSR count). The fraction of sp³-hybridized carbons (Fsp3) is 0.